The largest absolute Gasteiger partial charge is 0.371 e. The minimum atomic E-state index is 0.793. The number of halogens is 1. The molecule has 1 fully saturated rings. The maximum atomic E-state index is 3.55. The summed E-state index contributed by atoms with van der Waals surface area (Å²) in [7, 11) is 2.00. The van der Waals surface area contributed by atoms with Crippen molar-refractivity contribution in [1.82, 2.24) is 5.32 Å². The molecule has 1 heterocycles. The van der Waals surface area contributed by atoms with E-state index in [-0.39, 0.29) is 0 Å². The Bertz CT molecular complexity index is 382. The quantitative estimate of drug-likeness (QED) is 0.921. The molecule has 2 nitrogen and oxygen atoms in total. The van der Waals surface area contributed by atoms with E-state index in [2.05, 4.69) is 58.2 Å². The summed E-state index contributed by atoms with van der Waals surface area (Å²) >= 11 is 3.55. The molecule has 1 N–H and O–H groups in total. The molecule has 0 saturated carbocycles. The van der Waals surface area contributed by atoms with Crippen LogP contribution in [-0.2, 0) is 6.54 Å². The first-order valence-corrected chi connectivity index (χ1v) is 7.09. The third-order valence-corrected chi connectivity index (χ3v) is 4.23. The summed E-state index contributed by atoms with van der Waals surface area (Å²) in [5, 5.41) is 3.25. The summed E-state index contributed by atoms with van der Waals surface area (Å²) in [5.74, 6) is 1.59. The molecular weight excluding hydrogens is 276 g/mol. The van der Waals surface area contributed by atoms with Crippen LogP contribution in [0.25, 0.3) is 0 Å². The number of anilines is 1. The highest BCUT2D eigenvalue weighted by atomic mass is 79.9. The lowest BCUT2D eigenvalue weighted by atomic mass is 10.0. The average Bonchev–Trinajstić information content (AvgIpc) is 2.60. The Labute approximate surface area is 113 Å². The van der Waals surface area contributed by atoms with E-state index in [0.717, 1.165) is 22.9 Å². The lowest BCUT2D eigenvalue weighted by Gasteiger charge is -2.22. The second-order valence-electron chi connectivity index (χ2n) is 5.16. The minimum absolute atomic E-state index is 0.793. The van der Waals surface area contributed by atoms with Gasteiger partial charge in [0.1, 0.15) is 0 Å². The summed E-state index contributed by atoms with van der Waals surface area (Å²) in [6.45, 7) is 7.98. The Hall–Kier alpha value is -0.540. The van der Waals surface area contributed by atoms with Crippen LogP contribution in [0.3, 0.4) is 0 Å². The molecule has 1 aliphatic rings. The van der Waals surface area contributed by atoms with Crippen LogP contribution in [0.15, 0.2) is 22.7 Å². The Morgan fingerprint density at radius 3 is 2.53 bits per heavy atom. The number of nitrogens with one attached hydrogen (secondary N) is 1. The van der Waals surface area contributed by atoms with Crippen LogP contribution >= 0.6 is 15.9 Å². The molecule has 0 radical (unpaired) electrons. The van der Waals surface area contributed by atoms with E-state index in [1.54, 1.807) is 0 Å². The van der Waals surface area contributed by atoms with Crippen molar-refractivity contribution < 1.29 is 0 Å². The molecule has 1 aromatic carbocycles. The van der Waals surface area contributed by atoms with E-state index in [4.69, 9.17) is 0 Å². The molecule has 0 aromatic heterocycles. The number of rotatable bonds is 3. The molecule has 0 aliphatic carbocycles. The van der Waals surface area contributed by atoms with Crippen molar-refractivity contribution >= 4 is 21.6 Å². The van der Waals surface area contributed by atoms with E-state index < -0.39 is 0 Å². The maximum Gasteiger partial charge on any atom is 0.0412 e. The van der Waals surface area contributed by atoms with E-state index in [1.165, 1.54) is 24.3 Å². The first-order chi connectivity index (χ1) is 8.11. The first-order valence-electron chi connectivity index (χ1n) is 6.29. The number of hydrogen-bond acceptors (Lipinski definition) is 2. The van der Waals surface area contributed by atoms with Crippen molar-refractivity contribution in [3.8, 4) is 0 Å². The smallest absolute Gasteiger partial charge is 0.0412 e. The zero-order valence-electron chi connectivity index (χ0n) is 10.8. The lowest BCUT2D eigenvalue weighted by Crippen LogP contribution is -2.22. The molecule has 3 heteroatoms. The minimum Gasteiger partial charge on any atom is -0.371 e. The summed E-state index contributed by atoms with van der Waals surface area (Å²) in [4.78, 5) is 2.52. The van der Waals surface area contributed by atoms with Crippen LogP contribution in [0.4, 0.5) is 5.69 Å². The van der Waals surface area contributed by atoms with Gasteiger partial charge < -0.3 is 10.2 Å². The van der Waals surface area contributed by atoms with Crippen molar-refractivity contribution in [3.63, 3.8) is 0 Å². The Morgan fingerprint density at radius 1 is 1.29 bits per heavy atom. The Morgan fingerprint density at radius 2 is 1.94 bits per heavy atom. The van der Waals surface area contributed by atoms with Gasteiger partial charge in [0.05, 0.1) is 0 Å². The van der Waals surface area contributed by atoms with Crippen molar-refractivity contribution in [2.75, 3.05) is 25.0 Å². The fraction of sp³-hybridized carbons (Fsp3) is 0.571. The molecule has 1 aromatic rings. The molecular formula is C14H21BrN2. The predicted molar refractivity (Wildman–Crippen MR) is 77.4 cm³/mol. The standard InChI is InChI=1S/C14H21BrN2/c1-10-8-17(9-11(10)2)14-5-4-13(15)6-12(14)7-16-3/h4-6,10-11,16H,7-9H2,1-3H3. The van der Waals surface area contributed by atoms with Crippen LogP contribution in [0.1, 0.15) is 19.4 Å². The fourth-order valence-electron chi connectivity index (χ4n) is 2.52. The third-order valence-electron chi connectivity index (χ3n) is 3.74. The van der Waals surface area contributed by atoms with Gasteiger partial charge in [-0.3, -0.25) is 0 Å². The topological polar surface area (TPSA) is 15.3 Å². The van der Waals surface area contributed by atoms with Gasteiger partial charge in [0.15, 0.2) is 0 Å². The number of nitrogens with zero attached hydrogens (tertiary/aromatic N) is 1. The van der Waals surface area contributed by atoms with Crippen LogP contribution < -0.4 is 10.2 Å². The van der Waals surface area contributed by atoms with Crippen molar-refractivity contribution in [1.29, 1.82) is 0 Å². The maximum absolute atomic E-state index is 3.55. The summed E-state index contributed by atoms with van der Waals surface area (Å²) < 4.78 is 1.16. The van der Waals surface area contributed by atoms with E-state index in [0.29, 0.717) is 0 Å². The molecule has 17 heavy (non-hydrogen) atoms. The Kier molecular flexibility index (Phi) is 4.10. The number of benzene rings is 1. The van der Waals surface area contributed by atoms with Gasteiger partial charge in [-0.2, -0.15) is 0 Å². The van der Waals surface area contributed by atoms with Gasteiger partial charge in [-0.05, 0) is 42.6 Å². The summed E-state index contributed by atoms with van der Waals surface area (Å²) in [5.41, 5.74) is 2.77. The molecule has 94 valence electrons. The van der Waals surface area contributed by atoms with Gasteiger partial charge in [0.25, 0.3) is 0 Å². The fourth-order valence-corrected chi connectivity index (χ4v) is 2.93. The van der Waals surface area contributed by atoms with Crippen LogP contribution in [-0.4, -0.2) is 20.1 Å². The molecule has 0 spiro atoms. The van der Waals surface area contributed by atoms with Crippen molar-refractivity contribution in [2.45, 2.75) is 20.4 Å². The van der Waals surface area contributed by atoms with Gasteiger partial charge in [0.2, 0.25) is 0 Å². The molecule has 0 bridgehead atoms. The molecule has 1 aliphatic heterocycles. The molecule has 1 saturated heterocycles. The van der Waals surface area contributed by atoms with Crippen LogP contribution in [0.2, 0.25) is 0 Å². The van der Waals surface area contributed by atoms with Gasteiger partial charge in [0, 0.05) is 29.8 Å². The van der Waals surface area contributed by atoms with Crippen LogP contribution in [0.5, 0.6) is 0 Å². The zero-order valence-corrected chi connectivity index (χ0v) is 12.4. The zero-order chi connectivity index (χ0) is 12.4. The third kappa shape index (κ3) is 2.83. The SMILES string of the molecule is CNCc1cc(Br)ccc1N1CC(C)C(C)C1. The highest BCUT2D eigenvalue weighted by molar-refractivity contribution is 9.10. The molecule has 2 atom stereocenters. The van der Waals surface area contributed by atoms with E-state index in [9.17, 15) is 0 Å². The van der Waals surface area contributed by atoms with Crippen molar-refractivity contribution in [2.24, 2.45) is 11.8 Å². The van der Waals surface area contributed by atoms with Crippen molar-refractivity contribution in [3.05, 3.63) is 28.2 Å². The first kappa shape index (κ1) is 12.9. The van der Waals surface area contributed by atoms with Crippen LogP contribution in [0, 0.1) is 11.8 Å². The normalized spacial score (nSPS) is 24.4. The van der Waals surface area contributed by atoms with Gasteiger partial charge in [-0.1, -0.05) is 29.8 Å². The van der Waals surface area contributed by atoms with Gasteiger partial charge in [-0.15, -0.1) is 0 Å². The average molecular weight is 297 g/mol. The highest BCUT2D eigenvalue weighted by Crippen LogP contribution is 2.31. The van der Waals surface area contributed by atoms with E-state index in [1.807, 2.05) is 7.05 Å². The molecule has 0 amide bonds. The molecule has 2 unspecified atom stereocenters. The Balaban J connectivity index is 2.25. The lowest BCUT2D eigenvalue weighted by molar-refractivity contribution is 0.494. The van der Waals surface area contributed by atoms with Gasteiger partial charge >= 0.3 is 0 Å². The van der Waals surface area contributed by atoms with E-state index >= 15 is 0 Å². The monoisotopic (exact) mass is 296 g/mol. The highest BCUT2D eigenvalue weighted by Gasteiger charge is 2.27. The number of hydrogen-bond donors (Lipinski definition) is 1. The predicted octanol–water partition coefficient (Wildman–Crippen LogP) is 3.26. The second kappa shape index (κ2) is 5.40. The molecule has 2 rings (SSSR count). The summed E-state index contributed by atoms with van der Waals surface area (Å²) in [6.07, 6.45) is 0. The second-order valence-corrected chi connectivity index (χ2v) is 6.08. The summed E-state index contributed by atoms with van der Waals surface area (Å²) in [6, 6.07) is 6.60. The van der Waals surface area contributed by atoms with Gasteiger partial charge in [-0.25, -0.2) is 0 Å².